The molecule has 11 nitrogen and oxygen atoms in total. The van der Waals surface area contributed by atoms with Gasteiger partial charge >= 0.3 is 0 Å². The highest BCUT2D eigenvalue weighted by Gasteiger charge is 2.32. The average molecular weight is 544 g/mol. The summed E-state index contributed by atoms with van der Waals surface area (Å²) in [6.07, 6.45) is -1.45. The van der Waals surface area contributed by atoms with Gasteiger partial charge in [0.2, 0.25) is 21.9 Å². The molecule has 2 heterocycles. The molecule has 0 spiro atoms. The largest absolute Gasteiger partial charge is 0.494 e. The van der Waals surface area contributed by atoms with E-state index in [2.05, 4.69) is 19.9 Å². The Morgan fingerprint density at radius 1 is 0.921 bits per heavy atom. The SMILES string of the molecule is COc1cccc(-c2nnc(NS(=O)(=O)[C@@H](C)[C@H](O)c3ccc(F)cc3)n2-c2c(OC)cccc2OC)n1. The Morgan fingerprint density at radius 3 is 2.16 bits per heavy atom. The number of aliphatic hydroxyl groups excluding tert-OH is 1. The molecule has 0 aliphatic heterocycles. The van der Waals surface area contributed by atoms with Crippen LogP contribution in [0.5, 0.6) is 17.4 Å². The maximum absolute atomic E-state index is 13.4. The van der Waals surface area contributed by atoms with Gasteiger partial charge in [-0.1, -0.05) is 24.3 Å². The van der Waals surface area contributed by atoms with Crippen LogP contribution >= 0.6 is 0 Å². The van der Waals surface area contributed by atoms with Gasteiger partial charge < -0.3 is 19.3 Å². The molecular weight excluding hydrogens is 517 g/mol. The number of rotatable bonds is 10. The number of pyridine rings is 1. The van der Waals surface area contributed by atoms with Crippen molar-refractivity contribution in [3.63, 3.8) is 0 Å². The van der Waals surface area contributed by atoms with Crippen LogP contribution in [-0.2, 0) is 10.0 Å². The first kappa shape index (κ1) is 26.8. The van der Waals surface area contributed by atoms with E-state index in [9.17, 15) is 17.9 Å². The van der Waals surface area contributed by atoms with Gasteiger partial charge in [0, 0.05) is 6.07 Å². The molecular formula is C25H26FN5O6S. The molecule has 0 unspecified atom stereocenters. The zero-order valence-corrected chi connectivity index (χ0v) is 21.8. The van der Waals surface area contributed by atoms with Gasteiger partial charge in [-0.2, -0.15) is 0 Å². The smallest absolute Gasteiger partial charge is 0.243 e. The van der Waals surface area contributed by atoms with E-state index in [1.54, 1.807) is 36.4 Å². The molecule has 38 heavy (non-hydrogen) atoms. The van der Waals surface area contributed by atoms with Crippen LogP contribution in [0.1, 0.15) is 18.6 Å². The first-order valence-corrected chi connectivity index (χ1v) is 12.9. The summed E-state index contributed by atoms with van der Waals surface area (Å²) in [4.78, 5) is 4.40. The predicted octanol–water partition coefficient (Wildman–Crippen LogP) is 3.36. The number of halogens is 1. The molecule has 2 aromatic heterocycles. The van der Waals surface area contributed by atoms with Gasteiger partial charge in [0.1, 0.15) is 33.9 Å². The molecule has 0 aliphatic rings. The third kappa shape index (κ3) is 5.24. The maximum Gasteiger partial charge on any atom is 0.243 e. The summed E-state index contributed by atoms with van der Waals surface area (Å²) in [5, 5.41) is 17.7. The van der Waals surface area contributed by atoms with Crippen molar-refractivity contribution in [1.82, 2.24) is 19.7 Å². The van der Waals surface area contributed by atoms with Crippen molar-refractivity contribution >= 4 is 16.0 Å². The number of aliphatic hydroxyl groups is 1. The molecule has 4 aromatic rings. The quantitative estimate of drug-likeness (QED) is 0.308. The molecule has 2 atom stereocenters. The van der Waals surface area contributed by atoms with E-state index in [0.717, 1.165) is 12.1 Å². The summed E-state index contributed by atoms with van der Waals surface area (Å²) >= 11 is 0. The second kappa shape index (κ2) is 11.0. The van der Waals surface area contributed by atoms with Crippen LogP contribution in [0.4, 0.5) is 10.3 Å². The van der Waals surface area contributed by atoms with Gasteiger partial charge in [0.25, 0.3) is 0 Å². The second-order valence-corrected chi connectivity index (χ2v) is 10.1. The lowest BCUT2D eigenvalue weighted by Gasteiger charge is -2.21. The zero-order chi connectivity index (χ0) is 27.4. The second-order valence-electron chi connectivity index (χ2n) is 8.11. The van der Waals surface area contributed by atoms with Crippen LogP contribution in [0.25, 0.3) is 17.2 Å². The van der Waals surface area contributed by atoms with Crippen LogP contribution in [0, 0.1) is 5.82 Å². The van der Waals surface area contributed by atoms with Crippen molar-refractivity contribution in [2.24, 2.45) is 0 Å². The molecule has 0 bridgehead atoms. The molecule has 0 saturated heterocycles. The molecule has 13 heteroatoms. The predicted molar refractivity (Wildman–Crippen MR) is 138 cm³/mol. The van der Waals surface area contributed by atoms with Crippen LogP contribution in [0.3, 0.4) is 0 Å². The highest BCUT2D eigenvalue weighted by Crippen LogP contribution is 2.38. The van der Waals surface area contributed by atoms with Crippen molar-refractivity contribution in [2.75, 3.05) is 26.1 Å². The first-order chi connectivity index (χ1) is 18.2. The Hall–Kier alpha value is -4.23. The van der Waals surface area contributed by atoms with E-state index >= 15 is 0 Å². The fourth-order valence-corrected chi connectivity index (χ4v) is 4.82. The molecule has 2 N–H and O–H groups in total. The van der Waals surface area contributed by atoms with Crippen LogP contribution in [0.15, 0.2) is 60.7 Å². The van der Waals surface area contributed by atoms with Gasteiger partial charge in [-0.05, 0) is 42.8 Å². The molecule has 0 fully saturated rings. The molecule has 0 aliphatic carbocycles. The Kier molecular flexibility index (Phi) is 7.78. The number of sulfonamides is 1. The fraction of sp³-hybridized carbons (Fsp3) is 0.240. The summed E-state index contributed by atoms with van der Waals surface area (Å²) in [6.45, 7) is 1.32. The summed E-state index contributed by atoms with van der Waals surface area (Å²) in [5.41, 5.74) is 0.875. The van der Waals surface area contributed by atoms with E-state index in [4.69, 9.17) is 14.2 Å². The van der Waals surface area contributed by atoms with Crippen LogP contribution in [-0.4, -0.2) is 59.9 Å². The Bertz CT molecular complexity index is 1510. The highest BCUT2D eigenvalue weighted by molar-refractivity contribution is 7.93. The number of hydrogen-bond acceptors (Lipinski definition) is 9. The molecule has 200 valence electrons. The minimum atomic E-state index is -4.27. The minimum Gasteiger partial charge on any atom is -0.494 e. The topological polar surface area (TPSA) is 138 Å². The number of para-hydroxylation sites is 1. The summed E-state index contributed by atoms with van der Waals surface area (Å²) < 4.78 is 60.2. The zero-order valence-electron chi connectivity index (χ0n) is 21.0. The van der Waals surface area contributed by atoms with Gasteiger partial charge in [-0.3, -0.25) is 9.29 Å². The lowest BCUT2D eigenvalue weighted by Crippen LogP contribution is -2.32. The summed E-state index contributed by atoms with van der Waals surface area (Å²) in [7, 11) is 0.111. The van der Waals surface area contributed by atoms with Crippen LogP contribution in [0.2, 0.25) is 0 Å². The van der Waals surface area contributed by atoms with Gasteiger partial charge in [-0.25, -0.2) is 17.8 Å². The molecule has 0 amide bonds. The third-order valence-corrected chi connectivity index (χ3v) is 7.53. The number of benzene rings is 2. The normalized spacial score (nSPS) is 13.0. The first-order valence-electron chi connectivity index (χ1n) is 11.3. The third-order valence-electron chi connectivity index (χ3n) is 5.83. The number of methoxy groups -OCH3 is 3. The summed E-state index contributed by atoms with van der Waals surface area (Å²) in [6, 6.07) is 15.0. The highest BCUT2D eigenvalue weighted by atomic mass is 32.2. The molecule has 0 saturated carbocycles. The Labute approximate surface area is 218 Å². The number of aromatic nitrogens is 4. The van der Waals surface area contributed by atoms with Gasteiger partial charge in [0.05, 0.1) is 27.4 Å². The Morgan fingerprint density at radius 2 is 1.55 bits per heavy atom. The van der Waals surface area contributed by atoms with E-state index in [1.807, 2.05) is 0 Å². The van der Waals surface area contributed by atoms with Gasteiger partial charge in [0.15, 0.2) is 5.82 Å². The number of nitrogens with zero attached hydrogens (tertiary/aromatic N) is 4. The standard InChI is InChI=1S/C25H26FN5O6S/c1-15(23(32)16-11-13-17(26)14-12-16)38(33,34)30-25-29-28-24(18-7-5-10-21(27-18)37-4)31(25)22-19(35-2)8-6-9-20(22)36-3/h5-15,23,32H,1-4H3,(H,29,30)/t15-,23-/m0/s1. The van der Waals surface area contributed by atoms with Crippen molar-refractivity contribution in [3.05, 3.63) is 72.0 Å². The number of ether oxygens (including phenoxy) is 3. The van der Waals surface area contributed by atoms with E-state index in [1.165, 1.54) is 45.0 Å². The maximum atomic E-state index is 13.4. The summed E-state index contributed by atoms with van der Waals surface area (Å²) in [5.74, 6) is 0.442. The average Bonchev–Trinajstić information content (AvgIpc) is 3.34. The van der Waals surface area contributed by atoms with Crippen molar-refractivity contribution in [1.29, 1.82) is 0 Å². The minimum absolute atomic E-state index is 0.163. The lowest BCUT2D eigenvalue weighted by molar-refractivity contribution is 0.176. The van der Waals surface area contributed by atoms with Crippen molar-refractivity contribution < 1.29 is 32.1 Å². The van der Waals surface area contributed by atoms with Crippen LogP contribution < -0.4 is 18.9 Å². The molecule has 0 radical (unpaired) electrons. The van der Waals surface area contributed by atoms with Crippen molar-refractivity contribution in [2.45, 2.75) is 18.3 Å². The van der Waals surface area contributed by atoms with E-state index < -0.39 is 27.2 Å². The molecule has 2 aromatic carbocycles. The van der Waals surface area contributed by atoms with E-state index in [-0.39, 0.29) is 17.3 Å². The Balaban J connectivity index is 1.84. The van der Waals surface area contributed by atoms with E-state index in [0.29, 0.717) is 28.8 Å². The van der Waals surface area contributed by atoms with Gasteiger partial charge in [-0.15, -0.1) is 10.2 Å². The van der Waals surface area contributed by atoms with Crippen molar-refractivity contribution in [3.8, 4) is 34.6 Å². The number of hydrogen-bond donors (Lipinski definition) is 2. The fourth-order valence-electron chi connectivity index (χ4n) is 3.75. The number of anilines is 1. The monoisotopic (exact) mass is 543 g/mol. The lowest BCUT2D eigenvalue weighted by atomic mass is 10.1. The molecule has 4 rings (SSSR count). The number of nitrogens with one attached hydrogen (secondary N) is 1.